The van der Waals surface area contributed by atoms with Crippen LogP contribution in [-0.4, -0.2) is 26.2 Å². The van der Waals surface area contributed by atoms with Crippen LogP contribution in [0.15, 0.2) is 71.9 Å². The summed E-state index contributed by atoms with van der Waals surface area (Å²) in [5.74, 6) is 1.45. The van der Waals surface area contributed by atoms with Crippen LogP contribution in [0.5, 0.6) is 5.75 Å². The standard InChI is InChI=1S/C27H28N4O3S/c1-18-5-8-22(9-6-18)17-34-25-13-10-23(11-14-25)26(16-30(32)33)35-27-29-28-21(4)31(27)24-12-7-19(2)20(3)15-24/h5-15,26H,16-17H2,1-4H3/t26-/m0/s1. The summed E-state index contributed by atoms with van der Waals surface area (Å²) >= 11 is 1.35. The Bertz CT molecular complexity index is 1320. The summed E-state index contributed by atoms with van der Waals surface area (Å²) in [5, 5.41) is 20.3. The number of thioether (sulfide) groups is 1. The molecule has 0 saturated carbocycles. The van der Waals surface area contributed by atoms with E-state index < -0.39 is 5.25 Å². The molecule has 180 valence electrons. The molecule has 0 N–H and O–H groups in total. The van der Waals surface area contributed by atoms with Crippen LogP contribution in [0, 0.1) is 37.8 Å². The summed E-state index contributed by atoms with van der Waals surface area (Å²) in [5.41, 5.74) is 6.43. The molecule has 0 saturated heterocycles. The van der Waals surface area contributed by atoms with Crippen molar-refractivity contribution in [3.05, 3.63) is 110 Å². The van der Waals surface area contributed by atoms with E-state index in [-0.39, 0.29) is 11.5 Å². The highest BCUT2D eigenvalue weighted by Gasteiger charge is 2.24. The van der Waals surface area contributed by atoms with E-state index in [1.165, 1.54) is 22.9 Å². The molecule has 0 aliphatic rings. The minimum Gasteiger partial charge on any atom is -0.489 e. The third-order valence-corrected chi connectivity index (χ3v) is 7.07. The molecule has 0 aliphatic heterocycles. The number of benzene rings is 3. The Labute approximate surface area is 209 Å². The van der Waals surface area contributed by atoms with Crippen molar-refractivity contribution in [2.45, 2.75) is 44.7 Å². The highest BCUT2D eigenvalue weighted by Crippen LogP contribution is 2.36. The van der Waals surface area contributed by atoms with E-state index >= 15 is 0 Å². The number of hydrogen-bond donors (Lipinski definition) is 0. The monoisotopic (exact) mass is 488 g/mol. The number of ether oxygens (including phenoxy) is 1. The first-order chi connectivity index (χ1) is 16.8. The summed E-state index contributed by atoms with van der Waals surface area (Å²) in [6.07, 6.45) is 0. The van der Waals surface area contributed by atoms with Gasteiger partial charge in [-0.2, -0.15) is 0 Å². The molecule has 0 amide bonds. The maximum atomic E-state index is 11.5. The SMILES string of the molecule is Cc1ccc(COc2ccc([C@H](C[N+](=O)[O-])Sc3nnc(C)n3-c3ccc(C)c(C)c3)cc2)cc1. The Balaban J connectivity index is 1.54. The first kappa shape index (κ1) is 24.5. The van der Waals surface area contributed by atoms with E-state index in [9.17, 15) is 10.1 Å². The van der Waals surface area contributed by atoms with Crippen molar-refractivity contribution < 1.29 is 9.66 Å². The fourth-order valence-electron chi connectivity index (χ4n) is 3.68. The van der Waals surface area contributed by atoms with Crippen LogP contribution in [0.25, 0.3) is 5.69 Å². The number of nitro groups is 1. The average molecular weight is 489 g/mol. The zero-order valence-electron chi connectivity index (χ0n) is 20.3. The molecule has 0 radical (unpaired) electrons. The first-order valence-electron chi connectivity index (χ1n) is 11.4. The zero-order valence-corrected chi connectivity index (χ0v) is 21.1. The van der Waals surface area contributed by atoms with Gasteiger partial charge in [-0.1, -0.05) is 59.8 Å². The largest absolute Gasteiger partial charge is 0.489 e. The highest BCUT2D eigenvalue weighted by atomic mass is 32.2. The Morgan fingerprint density at radius 1 is 0.943 bits per heavy atom. The Morgan fingerprint density at radius 2 is 1.66 bits per heavy atom. The third-order valence-electron chi connectivity index (χ3n) is 5.88. The molecule has 0 bridgehead atoms. The lowest BCUT2D eigenvalue weighted by Gasteiger charge is -2.15. The second-order valence-corrected chi connectivity index (χ2v) is 9.77. The summed E-state index contributed by atoms with van der Waals surface area (Å²) < 4.78 is 7.85. The van der Waals surface area contributed by atoms with Gasteiger partial charge in [-0.25, -0.2) is 0 Å². The number of rotatable bonds is 9. The van der Waals surface area contributed by atoms with Crippen molar-refractivity contribution in [3.8, 4) is 11.4 Å². The normalized spacial score (nSPS) is 11.9. The molecule has 0 fully saturated rings. The van der Waals surface area contributed by atoms with Crippen LogP contribution in [-0.2, 0) is 6.61 Å². The maximum Gasteiger partial charge on any atom is 0.220 e. The molecule has 3 aromatic carbocycles. The first-order valence-corrected chi connectivity index (χ1v) is 12.2. The molecule has 4 aromatic rings. The Hall–Kier alpha value is -3.65. The maximum absolute atomic E-state index is 11.5. The van der Waals surface area contributed by atoms with Gasteiger partial charge in [0.05, 0.1) is 0 Å². The van der Waals surface area contributed by atoms with Gasteiger partial charge in [0.25, 0.3) is 0 Å². The van der Waals surface area contributed by atoms with Gasteiger partial charge in [-0.05, 0) is 74.2 Å². The lowest BCUT2D eigenvalue weighted by atomic mass is 10.1. The van der Waals surface area contributed by atoms with Gasteiger partial charge in [-0.15, -0.1) is 10.2 Å². The molecule has 1 aromatic heterocycles. The summed E-state index contributed by atoms with van der Waals surface area (Å²) in [6, 6.07) is 21.8. The number of aromatic nitrogens is 3. The Morgan fingerprint density at radius 3 is 2.31 bits per heavy atom. The van der Waals surface area contributed by atoms with Crippen LogP contribution in [0.2, 0.25) is 0 Å². The van der Waals surface area contributed by atoms with Crippen molar-refractivity contribution in [3.63, 3.8) is 0 Å². The van der Waals surface area contributed by atoms with Crippen LogP contribution < -0.4 is 4.74 Å². The highest BCUT2D eigenvalue weighted by molar-refractivity contribution is 7.99. The Kier molecular flexibility index (Phi) is 7.51. The van der Waals surface area contributed by atoms with Crippen molar-refractivity contribution in [1.29, 1.82) is 0 Å². The summed E-state index contributed by atoms with van der Waals surface area (Å²) in [6.45, 7) is 8.29. The van der Waals surface area contributed by atoms with Crippen LogP contribution in [0.1, 0.15) is 38.9 Å². The van der Waals surface area contributed by atoms with Gasteiger partial charge in [0.15, 0.2) is 5.16 Å². The van der Waals surface area contributed by atoms with Gasteiger partial charge in [0, 0.05) is 10.6 Å². The number of hydrogen-bond acceptors (Lipinski definition) is 6. The number of nitrogens with zero attached hydrogens (tertiary/aromatic N) is 4. The molecule has 1 atom stereocenters. The number of aryl methyl sites for hydroxylation is 4. The topological polar surface area (TPSA) is 83.1 Å². The summed E-state index contributed by atoms with van der Waals surface area (Å²) in [4.78, 5) is 11.2. The molecular weight excluding hydrogens is 460 g/mol. The molecule has 8 heteroatoms. The molecule has 0 aliphatic carbocycles. The second kappa shape index (κ2) is 10.7. The van der Waals surface area contributed by atoms with E-state index in [1.54, 1.807) is 0 Å². The van der Waals surface area contributed by atoms with E-state index in [2.05, 4.69) is 48.3 Å². The average Bonchev–Trinajstić information content (AvgIpc) is 3.20. The predicted octanol–water partition coefficient (Wildman–Crippen LogP) is 6.19. The zero-order chi connectivity index (χ0) is 24.9. The third kappa shape index (κ3) is 6.08. The molecule has 35 heavy (non-hydrogen) atoms. The summed E-state index contributed by atoms with van der Waals surface area (Å²) in [7, 11) is 0. The fraction of sp³-hybridized carbons (Fsp3) is 0.259. The van der Waals surface area contributed by atoms with Gasteiger partial charge in [0.2, 0.25) is 6.54 Å². The predicted molar refractivity (Wildman–Crippen MR) is 138 cm³/mol. The minimum absolute atomic E-state index is 0.229. The van der Waals surface area contributed by atoms with E-state index in [0.29, 0.717) is 17.5 Å². The van der Waals surface area contributed by atoms with Crippen LogP contribution >= 0.6 is 11.8 Å². The van der Waals surface area contributed by atoms with E-state index in [0.717, 1.165) is 28.2 Å². The van der Waals surface area contributed by atoms with Crippen LogP contribution in [0.4, 0.5) is 0 Å². The van der Waals surface area contributed by atoms with E-state index in [4.69, 9.17) is 4.74 Å². The van der Waals surface area contributed by atoms with Crippen molar-refractivity contribution in [1.82, 2.24) is 14.8 Å². The van der Waals surface area contributed by atoms with Gasteiger partial charge in [0.1, 0.15) is 23.4 Å². The lowest BCUT2D eigenvalue weighted by Crippen LogP contribution is -2.11. The molecule has 0 spiro atoms. The van der Waals surface area contributed by atoms with Crippen molar-refractivity contribution in [2.24, 2.45) is 0 Å². The van der Waals surface area contributed by atoms with Crippen molar-refractivity contribution >= 4 is 11.8 Å². The van der Waals surface area contributed by atoms with Gasteiger partial charge >= 0.3 is 0 Å². The molecule has 7 nitrogen and oxygen atoms in total. The smallest absolute Gasteiger partial charge is 0.220 e. The molecular formula is C27H28N4O3S. The molecule has 4 rings (SSSR count). The van der Waals surface area contributed by atoms with Crippen molar-refractivity contribution in [2.75, 3.05) is 6.54 Å². The second-order valence-electron chi connectivity index (χ2n) is 8.60. The minimum atomic E-state index is -0.426. The molecule has 0 unspecified atom stereocenters. The van der Waals surface area contributed by atoms with Gasteiger partial charge < -0.3 is 4.74 Å². The lowest BCUT2D eigenvalue weighted by molar-refractivity contribution is -0.479. The fourth-order valence-corrected chi connectivity index (χ4v) is 4.86. The quantitative estimate of drug-likeness (QED) is 0.159. The van der Waals surface area contributed by atoms with Crippen LogP contribution in [0.3, 0.4) is 0 Å². The molecule has 1 heterocycles. The van der Waals surface area contributed by atoms with Gasteiger partial charge in [-0.3, -0.25) is 14.7 Å². The van der Waals surface area contributed by atoms with E-state index in [1.807, 2.05) is 60.9 Å².